The van der Waals surface area contributed by atoms with E-state index in [2.05, 4.69) is 19.1 Å². The molecule has 3 N–H and O–H groups in total. The first-order valence-electron chi connectivity index (χ1n) is 11.1. The summed E-state index contributed by atoms with van der Waals surface area (Å²) in [7, 11) is 0. The summed E-state index contributed by atoms with van der Waals surface area (Å²) in [5.74, 6) is 0. The molecule has 1 saturated heterocycles. The van der Waals surface area contributed by atoms with Gasteiger partial charge in [-0.05, 0) is 25.7 Å². The maximum atomic E-state index is 10.0. The van der Waals surface area contributed by atoms with E-state index in [0.29, 0.717) is 6.61 Å². The molecule has 1 aliphatic rings. The van der Waals surface area contributed by atoms with Crippen molar-refractivity contribution in [1.29, 1.82) is 0 Å². The average molecular weight is 387 g/mol. The number of allylic oxidation sites excluding steroid dienone is 2. The molecule has 1 fully saturated rings. The highest BCUT2D eigenvalue weighted by atomic mass is 16.6. The van der Waals surface area contributed by atoms with Crippen LogP contribution in [0.3, 0.4) is 0 Å². The maximum absolute atomic E-state index is 10.0. The van der Waals surface area contributed by atoms with Crippen LogP contribution in [0.2, 0.25) is 0 Å². The van der Waals surface area contributed by atoms with E-state index in [-0.39, 0.29) is 6.61 Å². The third-order valence-electron chi connectivity index (χ3n) is 5.22. The highest BCUT2D eigenvalue weighted by molar-refractivity contribution is 4.89. The van der Waals surface area contributed by atoms with E-state index in [1.165, 1.54) is 57.8 Å². The Bertz CT molecular complexity index is 361. The zero-order valence-corrected chi connectivity index (χ0v) is 17.2. The van der Waals surface area contributed by atoms with E-state index in [1.807, 2.05) is 0 Å². The summed E-state index contributed by atoms with van der Waals surface area (Å²) in [6, 6.07) is 0. The molecule has 0 unspecified atom stereocenters. The number of aliphatic hydroxyl groups is 3. The van der Waals surface area contributed by atoms with Crippen LogP contribution in [0, 0.1) is 0 Å². The number of rotatable bonds is 17. The largest absolute Gasteiger partial charge is 0.394 e. The zero-order valence-electron chi connectivity index (χ0n) is 17.2. The van der Waals surface area contributed by atoms with Crippen LogP contribution in [0.15, 0.2) is 12.2 Å². The van der Waals surface area contributed by atoms with Crippen LogP contribution in [-0.2, 0) is 9.47 Å². The van der Waals surface area contributed by atoms with Crippen LogP contribution in [0.4, 0.5) is 0 Å². The van der Waals surface area contributed by atoms with Gasteiger partial charge in [0.2, 0.25) is 0 Å². The lowest BCUT2D eigenvalue weighted by atomic mass is 10.1. The quantitative estimate of drug-likeness (QED) is 0.262. The fourth-order valence-electron chi connectivity index (χ4n) is 3.45. The van der Waals surface area contributed by atoms with Gasteiger partial charge in [0.1, 0.15) is 24.4 Å². The minimum absolute atomic E-state index is 0.261. The summed E-state index contributed by atoms with van der Waals surface area (Å²) >= 11 is 0. The summed E-state index contributed by atoms with van der Waals surface area (Å²) in [5, 5.41) is 28.5. The highest BCUT2D eigenvalue weighted by Crippen LogP contribution is 2.20. The second-order valence-corrected chi connectivity index (χ2v) is 7.68. The molecular formula is C22H42O5. The van der Waals surface area contributed by atoms with Crippen LogP contribution >= 0.6 is 0 Å². The van der Waals surface area contributed by atoms with Gasteiger partial charge < -0.3 is 24.8 Å². The summed E-state index contributed by atoms with van der Waals surface area (Å²) in [6.07, 6.45) is 16.7. The molecule has 5 nitrogen and oxygen atoms in total. The number of hydrogen-bond donors (Lipinski definition) is 3. The monoisotopic (exact) mass is 386 g/mol. The van der Waals surface area contributed by atoms with E-state index in [1.54, 1.807) is 0 Å². The number of ether oxygens (including phenoxy) is 2. The van der Waals surface area contributed by atoms with Crippen molar-refractivity contribution in [3.05, 3.63) is 12.2 Å². The zero-order chi connectivity index (χ0) is 19.7. The van der Waals surface area contributed by atoms with Gasteiger partial charge in [0.05, 0.1) is 13.2 Å². The molecular weight excluding hydrogens is 344 g/mol. The van der Waals surface area contributed by atoms with Gasteiger partial charge in [-0.15, -0.1) is 0 Å². The minimum atomic E-state index is -1.06. The Morgan fingerprint density at radius 2 is 1.56 bits per heavy atom. The van der Waals surface area contributed by atoms with Gasteiger partial charge in [-0.3, -0.25) is 0 Å². The van der Waals surface area contributed by atoms with Gasteiger partial charge in [0, 0.05) is 6.61 Å². The molecule has 0 bridgehead atoms. The fourth-order valence-corrected chi connectivity index (χ4v) is 3.45. The number of hydrogen-bond acceptors (Lipinski definition) is 5. The first kappa shape index (κ1) is 24.6. The maximum Gasteiger partial charge on any atom is 0.114 e. The van der Waals surface area contributed by atoms with Crippen molar-refractivity contribution in [3.8, 4) is 0 Å². The topological polar surface area (TPSA) is 79.2 Å². The molecule has 0 spiro atoms. The Morgan fingerprint density at radius 1 is 0.963 bits per heavy atom. The van der Waals surface area contributed by atoms with Gasteiger partial charge >= 0.3 is 0 Å². The van der Waals surface area contributed by atoms with Gasteiger partial charge in [-0.2, -0.15) is 0 Å². The van der Waals surface area contributed by atoms with Crippen LogP contribution < -0.4 is 0 Å². The molecule has 4 atom stereocenters. The molecule has 1 aliphatic heterocycles. The SMILES string of the molecule is CCCCCCCCCCC/C=C/CCCO[C@@H]1CO[C@H]([C@@H](O)CO)[C@@H]1O. The van der Waals surface area contributed by atoms with E-state index < -0.39 is 31.0 Å². The van der Waals surface area contributed by atoms with E-state index in [9.17, 15) is 10.2 Å². The lowest BCUT2D eigenvalue weighted by Crippen LogP contribution is -2.41. The second-order valence-electron chi connectivity index (χ2n) is 7.68. The molecule has 160 valence electrons. The summed E-state index contributed by atoms with van der Waals surface area (Å²) < 4.78 is 11.0. The van der Waals surface area contributed by atoms with E-state index in [4.69, 9.17) is 14.6 Å². The third-order valence-corrected chi connectivity index (χ3v) is 5.22. The van der Waals surface area contributed by atoms with Crippen molar-refractivity contribution in [3.63, 3.8) is 0 Å². The Hall–Kier alpha value is -0.460. The number of unbranched alkanes of at least 4 members (excludes halogenated alkanes) is 10. The Labute approximate surface area is 165 Å². The van der Waals surface area contributed by atoms with Gasteiger partial charge in [0.15, 0.2) is 0 Å². The first-order valence-corrected chi connectivity index (χ1v) is 11.1. The standard InChI is InChI=1S/C22H42O5/c1-2-3-4-5-6-7-8-9-10-11-12-13-14-15-16-26-20-18-27-22(21(20)25)19(24)17-23/h12-13,19-25H,2-11,14-18H2,1H3/b13-12+/t19-,20+,21+,22+/m0/s1. The average Bonchev–Trinajstić information content (AvgIpc) is 3.04. The van der Waals surface area contributed by atoms with Crippen molar-refractivity contribution in [2.75, 3.05) is 19.8 Å². The molecule has 0 amide bonds. The molecule has 1 heterocycles. The Balaban J connectivity index is 1.88. The van der Waals surface area contributed by atoms with Gasteiger partial charge in [-0.25, -0.2) is 0 Å². The van der Waals surface area contributed by atoms with Crippen LogP contribution in [-0.4, -0.2) is 59.6 Å². The molecule has 1 rings (SSSR count). The lowest BCUT2D eigenvalue weighted by molar-refractivity contribution is -0.0729. The van der Waals surface area contributed by atoms with E-state index in [0.717, 1.165) is 19.3 Å². The predicted molar refractivity (Wildman–Crippen MR) is 109 cm³/mol. The van der Waals surface area contributed by atoms with Crippen molar-refractivity contribution < 1.29 is 24.8 Å². The van der Waals surface area contributed by atoms with Crippen molar-refractivity contribution in [1.82, 2.24) is 0 Å². The Kier molecular flexibility index (Phi) is 15.0. The third kappa shape index (κ3) is 11.2. The summed E-state index contributed by atoms with van der Waals surface area (Å²) in [4.78, 5) is 0. The second kappa shape index (κ2) is 16.5. The molecule has 27 heavy (non-hydrogen) atoms. The highest BCUT2D eigenvalue weighted by Gasteiger charge is 2.40. The molecule has 0 aliphatic carbocycles. The molecule has 0 aromatic rings. The molecule has 0 radical (unpaired) electrons. The van der Waals surface area contributed by atoms with Crippen LogP contribution in [0.1, 0.15) is 84.0 Å². The molecule has 0 aromatic heterocycles. The smallest absolute Gasteiger partial charge is 0.114 e. The Morgan fingerprint density at radius 3 is 2.19 bits per heavy atom. The fraction of sp³-hybridized carbons (Fsp3) is 0.909. The van der Waals surface area contributed by atoms with Crippen LogP contribution in [0.25, 0.3) is 0 Å². The number of aliphatic hydroxyl groups excluding tert-OH is 3. The van der Waals surface area contributed by atoms with Crippen molar-refractivity contribution in [2.45, 2.75) is 108 Å². The lowest BCUT2D eigenvalue weighted by Gasteiger charge is -2.20. The van der Waals surface area contributed by atoms with Gasteiger partial charge in [0.25, 0.3) is 0 Å². The van der Waals surface area contributed by atoms with Crippen LogP contribution in [0.5, 0.6) is 0 Å². The molecule has 0 saturated carbocycles. The van der Waals surface area contributed by atoms with Gasteiger partial charge in [-0.1, -0.05) is 70.4 Å². The van der Waals surface area contributed by atoms with Crippen molar-refractivity contribution >= 4 is 0 Å². The van der Waals surface area contributed by atoms with E-state index >= 15 is 0 Å². The predicted octanol–water partition coefficient (Wildman–Crippen LogP) is 3.74. The first-order chi connectivity index (χ1) is 13.2. The molecule has 0 aromatic carbocycles. The minimum Gasteiger partial charge on any atom is -0.394 e. The molecule has 5 heteroatoms. The normalized spacial score (nSPS) is 24.1. The van der Waals surface area contributed by atoms with Crippen molar-refractivity contribution in [2.24, 2.45) is 0 Å². The summed E-state index contributed by atoms with van der Waals surface area (Å²) in [5.41, 5.74) is 0. The summed E-state index contributed by atoms with van der Waals surface area (Å²) in [6.45, 7) is 2.67.